The van der Waals surface area contributed by atoms with Crippen molar-refractivity contribution in [3.8, 4) is 0 Å². The van der Waals surface area contributed by atoms with Crippen molar-refractivity contribution in [2.24, 2.45) is 5.92 Å². The van der Waals surface area contributed by atoms with Gasteiger partial charge in [0.05, 0.1) is 12.5 Å². The van der Waals surface area contributed by atoms with E-state index in [1.54, 1.807) is 18.2 Å². The molecule has 2 aliphatic heterocycles. The van der Waals surface area contributed by atoms with Crippen molar-refractivity contribution in [1.82, 2.24) is 10.2 Å². The lowest BCUT2D eigenvalue weighted by atomic mass is 9.75. The number of nitrogens with one attached hydrogen (secondary N) is 1. The fourth-order valence-electron chi connectivity index (χ4n) is 5.65. The van der Waals surface area contributed by atoms with Gasteiger partial charge in [-0.1, -0.05) is 30.3 Å². The van der Waals surface area contributed by atoms with Crippen LogP contribution in [0.5, 0.6) is 0 Å². The van der Waals surface area contributed by atoms with Gasteiger partial charge in [-0.3, -0.25) is 4.79 Å². The van der Waals surface area contributed by atoms with Crippen LogP contribution >= 0.6 is 0 Å². The van der Waals surface area contributed by atoms with Crippen molar-refractivity contribution in [2.45, 2.75) is 44.1 Å². The quantitative estimate of drug-likeness (QED) is 0.602. The number of halogens is 3. The molecule has 1 saturated carbocycles. The molecule has 1 amide bonds. The molecule has 6 rings (SSSR count). The van der Waals surface area contributed by atoms with Gasteiger partial charge in [0.2, 0.25) is 5.91 Å². The van der Waals surface area contributed by atoms with Crippen molar-refractivity contribution in [3.63, 3.8) is 0 Å². The number of hydrogen-bond acceptors (Lipinski definition) is 3. The normalized spacial score (nSPS) is 23.9. The van der Waals surface area contributed by atoms with E-state index in [-0.39, 0.29) is 24.4 Å². The van der Waals surface area contributed by atoms with Gasteiger partial charge in [0, 0.05) is 24.5 Å². The number of piperidine rings is 1. The molecule has 3 aliphatic rings. The summed E-state index contributed by atoms with van der Waals surface area (Å²) in [4.78, 5) is 15.9. The summed E-state index contributed by atoms with van der Waals surface area (Å²) >= 11 is 0. The summed E-state index contributed by atoms with van der Waals surface area (Å²) < 4.78 is 48.7. The first-order valence-corrected chi connectivity index (χ1v) is 11.8. The van der Waals surface area contributed by atoms with Crippen LogP contribution in [0.4, 0.5) is 13.2 Å². The number of amides is 1. The minimum Gasteiger partial charge on any atom is -0.365 e. The molecule has 0 bridgehead atoms. The number of carbonyl (C=O) groups excluding carboxylic acids is 1. The summed E-state index contributed by atoms with van der Waals surface area (Å²) in [5, 5.41) is 4.62. The average molecular weight is 467 g/mol. The maximum absolute atomic E-state index is 14.4. The smallest absolute Gasteiger partial charge is 0.230 e. The third-order valence-corrected chi connectivity index (χ3v) is 7.54. The van der Waals surface area contributed by atoms with E-state index in [9.17, 15) is 18.0 Å². The van der Waals surface area contributed by atoms with E-state index in [1.165, 1.54) is 18.2 Å². The molecule has 1 saturated heterocycles. The molecule has 2 atom stereocenters. The predicted molar refractivity (Wildman–Crippen MR) is 121 cm³/mol. The topological polar surface area (TPSA) is 41.6 Å². The lowest BCUT2D eigenvalue weighted by Crippen LogP contribution is -2.55. The molecule has 1 N–H and O–H groups in total. The largest absolute Gasteiger partial charge is 0.365 e. The highest BCUT2D eigenvalue weighted by molar-refractivity contribution is 5.87. The third kappa shape index (κ3) is 3.41. The Bertz CT molecular complexity index is 1290. The fraction of sp³-hybridized carbons (Fsp3) is 0.370. The Labute approximate surface area is 195 Å². The molecule has 176 valence electrons. The predicted octanol–water partition coefficient (Wildman–Crippen LogP) is 4.78. The number of hydrogen-bond donors (Lipinski definition) is 1. The Morgan fingerprint density at radius 2 is 1.79 bits per heavy atom. The van der Waals surface area contributed by atoms with E-state index in [0.29, 0.717) is 42.6 Å². The van der Waals surface area contributed by atoms with Crippen LogP contribution in [0.1, 0.15) is 36.0 Å². The molecule has 1 aliphatic carbocycles. The molecule has 0 aromatic heterocycles. The second-order valence-corrected chi connectivity index (χ2v) is 9.56. The van der Waals surface area contributed by atoms with Crippen LogP contribution < -0.4 is 5.32 Å². The van der Waals surface area contributed by atoms with Gasteiger partial charge in [-0.15, -0.1) is 0 Å². The van der Waals surface area contributed by atoms with Crippen LogP contribution in [0.2, 0.25) is 0 Å². The van der Waals surface area contributed by atoms with Crippen LogP contribution in [0.3, 0.4) is 0 Å². The zero-order chi connectivity index (χ0) is 23.4. The molecule has 7 heteroatoms. The first-order valence-electron chi connectivity index (χ1n) is 11.8. The van der Waals surface area contributed by atoms with Gasteiger partial charge >= 0.3 is 0 Å². The molecule has 0 radical (unpaired) electrons. The summed E-state index contributed by atoms with van der Waals surface area (Å²) in [6.07, 6.45) is 2.32. The number of ether oxygens (including phenoxy) is 1. The molecular weight excluding hydrogens is 441 g/mol. The molecule has 3 aromatic carbocycles. The minimum absolute atomic E-state index is 0.0688. The standard InChI is InChI=1S/C27H25F3N2O2/c28-23-8-5-16(19-3-1-2-4-20(19)23)14-32(18-6-7-18)26(33)22-13-31-10-9-27(22)21-12-25(30)24(29)11-17(21)15-34-27/h1-5,8,11-12,18,22,31H,6-7,9-10,13-15H2/t22?,27-/m0/s1. The van der Waals surface area contributed by atoms with Gasteiger partial charge in [0.15, 0.2) is 11.6 Å². The zero-order valence-electron chi connectivity index (χ0n) is 18.6. The van der Waals surface area contributed by atoms with Crippen molar-refractivity contribution in [3.05, 3.63) is 82.7 Å². The minimum atomic E-state index is -0.982. The molecule has 4 nitrogen and oxygen atoms in total. The Balaban J connectivity index is 1.37. The monoisotopic (exact) mass is 466 g/mol. The molecule has 3 aromatic rings. The Hall–Kier alpha value is -2.90. The SMILES string of the molecule is O=C(C1CNCC[C@@]12OCc1cc(F)c(F)cc12)N(Cc1ccc(F)c2ccccc12)C1CC1. The Kier molecular flexibility index (Phi) is 5.15. The number of carbonyl (C=O) groups is 1. The molecular formula is C27H25F3N2O2. The molecule has 2 heterocycles. The first-order chi connectivity index (χ1) is 16.5. The number of benzene rings is 3. The lowest BCUT2D eigenvalue weighted by Gasteiger charge is -2.43. The molecule has 1 unspecified atom stereocenters. The van der Waals surface area contributed by atoms with Gasteiger partial charge < -0.3 is 15.0 Å². The number of nitrogens with zero attached hydrogens (tertiary/aromatic N) is 1. The lowest BCUT2D eigenvalue weighted by molar-refractivity contribution is -0.157. The van der Waals surface area contributed by atoms with Crippen molar-refractivity contribution in [1.29, 1.82) is 0 Å². The highest BCUT2D eigenvalue weighted by Crippen LogP contribution is 2.48. The van der Waals surface area contributed by atoms with Gasteiger partial charge in [-0.2, -0.15) is 0 Å². The van der Waals surface area contributed by atoms with Crippen LogP contribution in [0.25, 0.3) is 10.8 Å². The highest BCUT2D eigenvalue weighted by Gasteiger charge is 2.53. The summed E-state index contributed by atoms with van der Waals surface area (Å²) in [5.74, 6) is -2.76. The zero-order valence-corrected chi connectivity index (χ0v) is 18.6. The number of fused-ring (bicyclic) bond motifs is 3. The summed E-state index contributed by atoms with van der Waals surface area (Å²) in [5.41, 5.74) is 1.08. The Morgan fingerprint density at radius 1 is 1.03 bits per heavy atom. The van der Waals surface area contributed by atoms with Gasteiger partial charge in [0.25, 0.3) is 0 Å². The fourth-order valence-corrected chi connectivity index (χ4v) is 5.65. The van der Waals surface area contributed by atoms with Crippen molar-refractivity contribution < 1.29 is 22.7 Å². The molecule has 2 fully saturated rings. The average Bonchev–Trinajstić information content (AvgIpc) is 3.64. The van der Waals surface area contributed by atoms with Crippen molar-refractivity contribution >= 4 is 16.7 Å². The Morgan fingerprint density at radius 3 is 2.59 bits per heavy atom. The maximum atomic E-state index is 14.4. The third-order valence-electron chi connectivity index (χ3n) is 7.54. The summed E-state index contributed by atoms with van der Waals surface area (Å²) in [7, 11) is 0. The molecule has 1 spiro atoms. The van der Waals surface area contributed by atoms with Crippen LogP contribution in [0, 0.1) is 23.4 Å². The number of rotatable bonds is 4. The van der Waals surface area contributed by atoms with E-state index in [0.717, 1.165) is 23.8 Å². The summed E-state index contributed by atoms with van der Waals surface area (Å²) in [6, 6.07) is 13.0. The molecule has 34 heavy (non-hydrogen) atoms. The van der Waals surface area contributed by atoms with E-state index in [1.807, 2.05) is 17.0 Å². The second-order valence-electron chi connectivity index (χ2n) is 9.56. The second kappa shape index (κ2) is 8.10. The first kappa shape index (κ1) is 21.6. The highest BCUT2D eigenvalue weighted by atomic mass is 19.2. The van der Waals surface area contributed by atoms with Crippen LogP contribution in [-0.2, 0) is 28.3 Å². The van der Waals surface area contributed by atoms with Gasteiger partial charge in [-0.05, 0) is 66.1 Å². The van der Waals surface area contributed by atoms with E-state index in [2.05, 4.69) is 5.32 Å². The van der Waals surface area contributed by atoms with E-state index in [4.69, 9.17) is 4.74 Å². The van der Waals surface area contributed by atoms with Crippen LogP contribution in [-0.4, -0.2) is 29.9 Å². The van der Waals surface area contributed by atoms with Gasteiger partial charge in [-0.25, -0.2) is 13.2 Å². The van der Waals surface area contributed by atoms with E-state index < -0.39 is 23.2 Å². The van der Waals surface area contributed by atoms with Crippen LogP contribution in [0.15, 0.2) is 48.5 Å². The summed E-state index contributed by atoms with van der Waals surface area (Å²) in [6.45, 7) is 1.53. The van der Waals surface area contributed by atoms with E-state index >= 15 is 0 Å². The van der Waals surface area contributed by atoms with Crippen molar-refractivity contribution in [2.75, 3.05) is 13.1 Å². The van der Waals surface area contributed by atoms with Gasteiger partial charge in [0.1, 0.15) is 11.4 Å². The maximum Gasteiger partial charge on any atom is 0.230 e.